The molecule has 1 aromatic carbocycles. The molecule has 1 amide bonds. The third-order valence-electron chi connectivity index (χ3n) is 1.78. The molecule has 0 aliphatic carbocycles. The molecule has 0 fully saturated rings. The van der Waals surface area contributed by atoms with E-state index in [1.807, 2.05) is 12.1 Å². The Balaban J connectivity index is 2.47. The Morgan fingerprint density at radius 3 is 2.53 bits per heavy atom. The first-order valence-electron chi connectivity index (χ1n) is 4.43. The lowest BCUT2D eigenvalue weighted by Gasteiger charge is -2.03. The van der Waals surface area contributed by atoms with E-state index in [0.29, 0.717) is 17.9 Å². The van der Waals surface area contributed by atoms with Gasteiger partial charge in [0, 0.05) is 39.4 Å². The standard InChI is InChI=1S/C10H12BrNO2S/c1-15(14)7-6-12-10(13)8-2-4-9(11)5-3-8/h2-5H,6-7H2,1H3,(H,12,13). The second-order valence-corrected chi connectivity index (χ2v) is 5.51. The van der Waals surface area contributed by atoms with Gasteiger partial charge in [-0.1, -0.05) is 15.9 Å². The molecule has 0 aliphatic heterocycles. The predicted octanol–water partition coefficient (Wildman–Crippen LogP) is 1.56. The number of carbonyl (C=O) groups is 1. The molecule has 5 heteroatoms. The Morgan fingerprint density at radius 1 is 1.40 bits per heavy atom. The zero-order chi connectivity index (χ0) is 11.3. The number of amides is 1. The van der Waals surface area contributed by atoms with Gasteiger partial charge in [0.2, 0.25) is 0 Å². The minimum Gasteiger partial charge on any atom is -0.351 e. The summed E-state index contributed by atoms with van der Waals surface area (Å²) in [6.07, 6.45) is 1.62. The van der Waals surface area contributed by atoms with Crippen LogP contribution in [0.2, 0.25) is 0 Å². The molecule has 15 heavy (non-hydrogen) atoms. The Hall–Kier alpha value is -0.680. The molecular formula is C10H12BrNO2S. The molecule has 0 saturated carbocycles. The predicted molar refractivity (Wildman–Crippen MR) is 65.4 cm³/mol. The van der Waals surface area contributed by atoms with Crippen LogP contribution < -0.4 is 5.32 Å². The first-order chi connectivity index (χ1) is 7.09. The van der Waals surface area contributed by atoms with Crippen LogP contribution in [0.25, 0.3) is 0 Å². The Kier molecular flexibility index (Phi) is 4.98. The van der Waals surface area contributed by atoms with Crippen LogP contribution in [0.4, 0.5) is 0 Å². The maximum Gasteiger partial charge on any atom is 0.251 e. The molecule has 0 radical (unpaired) electrons. The zero-order valence-corrected chi connectivity index (χ0v) is 10.7. The van der Waals surface area contributed by atoms with Crippen molar-refractivity contribution in [3.63, 3.8) is 0 Å². The molecule has 1 unspecified atom stereocenters. The lowest BCUT2D eigenvalue weighted by Crippen LogP contribution is -2.27. The van der Waals surface area contributed by atoms with Crippen LogP contribution in [0.1, 0.15) is 10.4 Å². The SMILES string of the molecule is CS(=O)CCNC(=O)c1ccc(Br)cc1. The number of hydrogen-bond acceptors (Lipinski definition) is 2. The minimum atomic E-state index is -0.864. The van der Waals surface area contributed by atoms with Crippen molar-refractivity contribution in [3.05, 3.63) is 34.3 Å². The van der Waals surface area contributed by atoms with Crippen LogP contribution in [0.15, 0.2) is 28.7 Å². The first-order valence-corrected chi connectivity index (χ1v) is 6.95. The highest BCUT2D eigenvalue weighted by molar-refractivity contribution is 9.10. The molecule has 1 atom stereocenters. The summed E-state index contributed by atoms with van der Waals surface area (Å²) in [7, 11) is -0.864. The molecule has 0 aliphatic rings. The van der Waals surface area contributed by atoms with Crippen molar-refractivity contribution in [2.45, 2.75) is 0 Å². The summed E-state index contributed by atoms with van der Waals surface area (Å²) in [4.78, 5) is 11.5. The van der Waals surface area contributed by atoms with Crippen molar-refractivity contribution >= 4 is 32.6 Å². The third kappa shape index (κ3) is 4.57. The number of nitrogens with one attached hydrogen (secondary N) is 1. The number of rotatable bonds is 4. The Labute approximate surface area is 99.8 Å². The lowest BCUT2D eigenvalue weighted by atomic mass is 10.2. The first kappa shape index (κ1) is 12.4. The third-order valence-corrected chi connectivity index (χ3v) is 3.09. The van der Waals surface area contributed by atoms with Crippen LogP contribution in [0, 0.1) is 0 Å². The van der Waals surface area contributed by atoms with Crippen molar-refractivity contribution in [3.8, 4) is 0 Å². The molecule has 82 valence electrons. The number of hydrogen-bond donors (Lipinski definition) is 1. The van der Waals surface area contributed by atoms with E-state index in [2.05, 4.69) is 21.2 Å². The summed E-state index contributed by atoms with van der Waals surface area (Å²) >= 11 is 3.29. The maximum absolute atomic E-state index is 11.5. The van der Waals surface area contributed by atoms with Gasteiger partial charge in [0.1, 0.15) is 0 Å². The summed E-state index contributed by atoms with van der Waals surface area (Å²) in [5.41, 5.74) is 0.611. The normalized spacial score (nSPS) is 12.1. The molecule has 0 bridgehead atoms. The maximum atomic E-state index is 11.5. The van der Waals surface area contributed by atoms with E-state index in [0.717, 1.165) is 4.47 Å². The second kappa shape index (κ2) is 6.02. The van der Waals surface area contributed by atoms with Gasteiger partial charge in [-0.2, -0.15) is 0 Å². The van der Waals surface area contributed by atoms with Crippen LogP contribution in [-0.4, -0.2) is 28.7 Å². The number of benzene rings is 1. The minimum absolute atomic E-state index is 0.132. The van der Waals surface area contributed by atoms with Gasteiger partial charge in [0.25, 0.3) is 5.91 Å². The summed E-state index contributed by atoms with van der Waals surface area (Å²) in [6, 6.07) is 7.10. The largest absolute Gasteiger partial charge is 0.351 e. The fourth-order valence-electron chi connectivity index (χ4n) is 1.01. The summed E-state index contributed by atoms with van der Waals surface area (Å²) in [5, 5.41) is 2.70. The monoisotopic (exact) mass is 289 g/mol. The second-order valence-electron chi connectivity index (χ2n) is 3.04. The number of carbonyl (C=O) groups excluding carboxylic acids is 1. The van der Waals surface area contributed by atoms with Gasteiger partial charge in [0.05, 0.1) is 0 Å². The molecule has 0 aromatic heterocycles. The van der Waals surface area contributed by atoms with E-state index in [1.54, 1.807) is 18.4 Å². The van der Waals surface area contributed by atoms with Crippen LogP contribution in [0.3, 0.4) is 0 Å². The lowest BCUT2D eigenvalue weighted by molar-refractivity contribution is 0.0956. The van der Waals surface area contributed by atoms with E-state index in [9.17, 15) is 9.00 Å². The van der Waals surface area contributed by atoms with Crippen molar-refractivity contribution < 1.29 is 9.00 Å². The van der Waals surface area contributed by atoms with Gasteiger partial charge < -0.3 is 5.32 Å². The molecular weight excluding hydrogens is 278 g/mol. The van der Waals surface area contributed by atoms with Gasteiger partial charge in [-0.05, 0) is 24.3 Å². The van der Waals surface area contributed by atoms with E-state index >= 15 is 0 Å². The molecule has 0 heterocycles. The highest BCUT2D eigenvalue weighted by atomic mass is 79.9. The molecule has 1 N–H and O–H groups in total. The van der Waals surface area contributed by atoms with E-state index < -0.39 is 10.8 Å². The van der Waals surface area contributed by atoms with Gasteiger partial charge in [-0.15, -0.1) is 0 Å². The average molecular weight is 290 g/mol. The molecule has 1 aromatic rings. The van der Waals surface area contributed by atoms with E-state index in [4.69, 9.17) is 0 Å². The smallest absolute Gasteiger partial charge is 0.251 e. The topological polar surface area (TPSA) is 46.2 Å². The van der Waals surface area contributed by atoms with Gasteiger partial charge in [0.15, 0.2) is 0 Å². The van der Waals surface area contributed by atoms with E-state index in [1.165, 1.54) is 0 Å². The Morgan fingerprint density at radius 2 is 2.00 bits per heavy atom. The van der Waals surface area contributed by atoms with Gasteiger partial charge >= 0.3 is 0 Å². The fourth-order valence-corrected chi connectivity index (χ4v) is 1.67. The molecule has 1 rings (SSSR count). The molecule has 3 nitrogen and oxygen atoms in total. The highest BCUT2D eigenvalue weighted by Gasteiger charge is 2.03. The molecule has 0 spiro atoms. The summed E-state index contributed by atoms with van der Waals surface area (Å²) in [5.74, 6) is 0.357. The van der Waals surface area contributed by atoms with E-state index in [-0.39, 0.29) is 5.91 Å². The van der Waals surface area contributed by atoms with Crippen LogP contribution in [0.5, 0.6) is 0 Å². The highest BCUT2D eigenvalue weighted by Crippen LogP contribution is 2.10. The summed E-state index contributed by atoms with van der Waals surface area (Å²) < 4.78 is 11.7. The summed E-state index contributed by atoms with van der Waals surface area (Å²) in [6.45, 7) is 0.442. The van der Waals surface area contributed by atoms with Crippen molar-refractivity contribution in [2.75, 3.05) is 18.6 Å². The van der Waals surface area contributed by atoms with Crippen molar-refractivity contribution in [1.82, 2.24) is 5.32 Å². The van der Waals surface area contributed by atoms with Crippen molar-refractivity contribution in [2.24, 2.45) is 0 Å². The van der Waals surface area contributed by atoms with Gasteiger partial charge in [-0.3, -0.25) is 9.00 Å². The zero-order valence-electron chi connectivity index (χ0n) is 8.33. The molecule has 0 saturated heterocycles. The number of halogens is 1. The Bertz CT molecular complexity index is 364. The van der Waals surface area contributed by atoms with Gasteiger partial charge in [-0.25, -0.2) is 0 Å². The average Bonchev–Trinajstić information content (AvgIpc) is 2.18. The quantitative estimate of drug-likeness (QED) is 0.914. The van der Waals surface area contributed by atoms with Crippen molar-refractivity contribution in [1.29, 1.82) is 0 Å². The fraction of sp³-hybridized carbons (Fsp3) is 0.300. The van der Waals surface area contributed by atoms with Crippen LogP contribution in [-0.2, 0) is 10.8 Å². The van der Waals surface area contributed by atoms with Crippen LogP contribution >= 0.6 is 15.9 Å².